The maximum absolute atomic E-state index is 8.91. The Morgan fingerprint density at radius 1 is 1.38 bits per heavy atom. The van der Waals surface area contributed by atoms with Crippen molar-refractivity contribution in [3.63, 3.8) is 0 Å². The summed E-state index contributed by atoms with van der Waals surface area (Å²) < 4.78 is 0. The summed E-state index contributed by atoms with van der Waals surface area (Å²) in [6.07, 6.45) is 5.07. The van der Waals surface area contributed by atoms with Crippen molar-refractivity contribution in [2.24, 2.45) is 0 Å². The first-order valence-corrected chi connectivity index (χ1v) is 8.22. The molecule has 114 valence electrons. The minimum atomic E-state index is 0.409. The normalized spacial score (nSPS) is 19.6. The molecule has 1 saturated heterocycles. The molecule has 1 aromatic carbocycles. The largest absolute Gasteiger partial charge is 0.313 e. The van der Waals surface area contributed by atoms with Crippen LogP contribution in [-0.2, 0) is 0 Å². The van der Waals surface area contributed by atoms with Crippen LogP contribution in [0.3, 0.4) is 0 Å². The van der Waals surface area contributed by atoms with Gasteiger partial charge in [0.15, 0.2) is 0 Å². The Balaban J connectivity index is 2.03. The number of nitriles is 1. The molecule has 21 heavy (non-hydrogen) atoms. The lowest BCUT2D eigenvalue weighted by atomic mass is 10.0. The third-order valence-corrected chi connectivity index (χ3v) is 4.49. The zero-order chi connectivity index (χ0) is 15.1. The van der Waals surface area contributed by atoms with Crippen molar-refractivity contribution in [1.82, 2.24) is 10.2 Å². The van der Waals surface area contributed by atoms with Crippen molar-refractivity contribution in [3.8, 4) is 6.07 Å². The summed E-state index contributed by atoms with van der Waals surface area (Å²) in [6.45, 7) is 7.97. The van der Waals surface area contributed by atoms with E-state index in [1.165, 1.54) is 31.2 Å². The van der Waals surface area contributed by atoms with Gasteiger partial charge >= 0.3 is 0 Å². The van der Waals surface area contributed by atoms with E-state index in [1.54, 1.807) is 0 Å². The predicted molar refractivity (Wildman–Crippen MR) is 87.1 cm³/mol. The Hall–Kier alpha value is -1.37. The minimum Gasteiger partial charge on any atom is -0.313 e. The van der Waals surface area contributed by atoms with Crippen LogP contribution in [0.1, 0.15) is 56.7 Å². The van der Waals surface area contributed by atoms with Crippen molar-refractivity contribution in [2.75, 3.05) is 19.6 Å². The second-order valence-corrected chi connectivity index (χ2v) is 6.05. The second kappa shape index (κ2) is 8.17. The van der Waals surface area contributed by atoms with Gasteiger partial charge < -0.3 is 5.32 Å². The van der Waals surface area contributed by atoms with Gasteiger partial charge in [0, 0.05) is 18.6 Å². The van der Waals surface area contributed by atoms with Crippen molar-refractivity contribution in [3.05, 3.63) is 35.4 Å². The number of hydrogen-bond donors (Lipinski definition) is 1. The lowest BCUT2D eigenvalue weighted by Crippen LogP contribution is -2.39. The molecule has 1 aliphatic heterocycles. The van der Waals surface area contributed by atoms with E-state index in [0.29, 0.717) is 12.1 Å². The van der Waals surface area contributed by atoms with E-state index in [4.69, 9.17) is 5.26 Å². The minimum absolute atomic E-state index is 0.409. The third kappa shape index (κ3) is 4.56. The van der Waals surface area contributed by atoms with Crippen LogP contribution in [0.5, 0.6) is 0 Å². The van der Waals surface area contributed by atoms with Crippen LogP contribution in [-0.4, -0.2) is 30.6 Å². The number of hydrogen-bond acceptors (Lipinski definition) is 3. The van der Waals surface area contributed by atoms with E-state index < -0.39 is 0 Å². The molecule has 1 aliphatic rings. The Bertz CT molecular complexity index is 454. The highest BCUT2D eigenvalue weighted by atomic mass is 15.2. The molecule has 1 N–H and O–H groups in total. The van der Waals surface area contributed by atoms with Crippen LogP contribution < -0.4 is 5.32 Å². The van der Waals surface area contributed by atoms with E-state index >= 15 is 0 Å². The highest BCUT2D eigenvalue weighted by Crippen LogP contribution is 2.22. The topological polar surface area (TPSA) is 39.1 Å². The zero-order valence-electron chi connectivity index (χ0n) is 13.3. The van der Waals surface area contributed by atoms with Gasteiger partial charge in [-0.15, -0.1) is 0 Å². The van der Waals surface area contributed by atoms with Gasteiger partial charge in [-0.3, -0.25) is 4.90 Å². The molecule has 2 rings (SSSR count). The summed E-state index contributed by atoms with van der Waals surface area (Å²) in [6, 6.07) is 11.3. The van der Waals surface area contributed by atoms with Crippen LogP contribution in [0.4, 0.5) is 0 Å². The monoisotopic (exact) mass is 285 g/mol. The van der Waals surface area contributed by atoms with Gasteiger partial charge in [0.05, 0.1) is 11.6 Å². The van der Waals surface area contributed by atoms with Crippen LogP contribution in [0.15, 0.2) is 24.3 Å². The maximum atomic E-state index is 8.91. The Morgan fingerprint density at radius 2 is 2.14 bits per heavy atom. The number of nitrogens with one attached hydrogen (secondary N) is 1. The van der Waals surface area contributed by atoms with Gasteiger partial charge in [-0.2, -0.15) is 5.26 Å². The number of benzene rings is 1. The molecule has 0 aliphatic carbocycles. The molecule has 2 unspecified atom stereocenters. The van der Waals surface area contributed by atoms with Gasteiger partial charge in [0.25, 0.3) is 0 Å². The molecule has 0 saturated carbocycles. The lowest BCUT2D eigenvalue weighted by molar-refractivity contribution is 0.189. The fraction of sp³-hybridized carbons (Fsp3) is 0.611. The molecule has 3 heteroatoms. The van der Waals surface area contributed by atoms with E-state index in [-0.39, 0.29) is 0 Å². The first-order valence-electron chi connectivity index (χ1n) is 8.22. The summed E-state index contributed by atoms with van der Waals surface area (Å²) in [7, 11) is 0. The number of unbranched alkanes of at least 4 members (excludes halogenated alkanes) is 1. The van der Waals surface area contributed by atoms with Crippen molar-refractivity contribution in [2.45, 2.75) is 51.6 Å². The van der Waals surface area contributed by atoms with E-state index in [2.05, 4.69) is 42.3 Å². The zero-order valence-corrected chi connectivity index (χ0v) is 13.3. The number of rotatable bonds is 7. The molecule has 0 aromatic heterocycles. The summed E-state index contributed by atoms with van der Waals surface area (Å²) in [5.74, 6) is 0. The van der Waals surface area contributed by atoms with Crippen molar-refractivity contribution < 1.29 is 0 Å². The molecule has 1 heterocycles. The van der Waals surface area contributed by atoms with Crippen molar-refractivity contribution >= 4 is 0 Å². The van der Waals surface area contributed by atoms with Gasteiger partial charge in [0.1, 0.15) is 0 Å². The van der Waals surface area contributed by atoms with Crippen LogP contribution >= 0.6 is 0 Å². The van der Waals surface area contributed by atoms with E-state index in [0.717, 1.165) is 25.2 Å². The fourth-order valence-corrected chi connectivity index (χ4v) is 3.05. The highest BCUT2D eigenvalue weighted by Gasteiger charge is 2.21. The van der Waals surface area contributed by atoms with Crippen LogP contribution in [0, 0.1) is 11.3 Å². The van der Waals surface area contributed by atoms with Gasteiger partial charge in [-0.05, 0) is 57.0 Å². The quantitative estimate of drug-likeness (QED) is 0.833. The molecule has 0 amide bonds. The van der Waals surface area contributed by atoms with Crippen LogP contribution in [0.2, 0.25) is 0 Å². The average Bonchev–Trinajstić information content (AvgIpc) is 3.04. The summed E-state index contributed by atoms with van der Waals surface area (Å²) in [4.78, 5) is 2.59. The molecule has 0 radical (unpaired) electrons. The molecule has 1 fully saturated rings. The maximum Gasteiger partial charge on any atom is 0.0991 e. The summed E-state index contributed by atoms with van der Waals surface area (Å²) >= 11 is 0. The van der Waals surface area contributed by atoms with Crippen molar-refractivity contribution in [1.29, 1.82) is 5.26 Å². The molecular weight excluding hydrogens is 258 g/mol. The second-order valence-electron chi connectivity index (χ2n) is 6.05. The molecule has 0 bridgehead atoms. The molecule has 3 nitrogen and oxygen atoms in total. The Kier molecular flexibility index (Phi) is 6.22. The molecule has 0 spiro atoms. The number of nitrogens with zero attached hydrogens (tertiary/aromatic N) is 2. The van der Waals surface area contributed by atoms with Gasteiger partial charge in [0.2, 0.25) is 0 Å². The summed E-state index contributed by atoms with van der Waals surface area (Å²) in [5, 5.41) is 12.5. The standard InChI is InChI=1S/C18H27N3/c1-3-4-12-21(14-18-6-5-11-20-18)15(2)17-9-7-16(13-19)8-10-17/h7-10,15,18,20H,3-6,11-12,14H2,1-2H3. The fourth-order valence-electron chi connectivity index (χ4n) is 3.05. The molecule has 2 atom stereocenters. The predicted octanol–water partition coefficient (Wildman–Crippen LogP) is 3.47. The SMILES string of the molecule is CCCCN(CC1CCCN1)C(C)c1ccc(C#N)cc1. The van der Waals surface area contributed by atoms with Gasteiger partial charge in [-0.1, -0.05) is 25.5 Å². The van der Waals surface area contributed by atoms with Gasteiger partial charge in [-0.25, -0.2) is 0 Å². The first-order chi connectivity index (χ1) is 10.2. The smallest absolute Gasteiger partial charge is 0.0991 e. The molecule has 1 aromatic rings. The van der Waals surface area contributed by atoms with E-state index in [1.807, 2.05) is 12.1 Å². The Labute approximate surface area is 129 Å². The van der Waals surface area contributed by atoms with E-state index in [9.17, 15) is 0 Å². The average molecular weight is 285 g/mol. The first kappa shape index (κ1) is 16.0. The summed E-state index contributed by atoms with van der Waals surface area (Å²) in [5.41, 5.74) is 2.05. The third-order valence-electron chi connectivity index (χ3n) is 4.49. The van der Waals surface area contributed by atoms with Crippen LogP contribution in [0.25, 0.3) is 0 Å². The highest BCUT2D eigenvalue weighted by molar-refractivity contribution is 5.32. The lowest BCUT2D eigenvalue weighted by Gasteiger charge is -2.32. The Morgan fingerprint density at radius 3 is 2.71 bits per heavy atom. The molecular formula is C18H27N3.